The van der Waals surface area contributed by atoms with Crippen LogP contribution in [-0.2, 0) is 11.4 Å². The monoisotopic (exact) mass is 293 g/mol. The van der Waals surface area contributed by atoms with E-state index in [-0.39, 0.29) is 6.61 Å². The molecule has 2 fully saturated rings. The summed E-state index contributed by atoms with van der Waals surface area (Å²) in [6.07, 6.45) is 4.34. The summed E-state index contributed by atoms with van der Waals surface area (Å²) in [7, 11) is 1.00. The predicted molar refractivity (Wildman–Crippen MR) is 83.8 cm³/mol. The smallest absolute Gasteiger partial charge is 0.133 e. The fourth-order valence-electron chi connectivity index (χ4n) is 2.76. The number of aliphatic hydroxyl groups is 2. The van der Waals surface area contributed by atoms with Crippen LogP contribution in [0.4, 0.5) is 0 Å². The standard InChI is InChI=1S/C9H15NO.C7H8O.CH4O/c11-9-5-8(6-9)7-1-3-10-4-2-7;8-6-7-4-2-1-3-5-7;1-2/h7-8,10H,1-6H2;1-5,8H,6H2;2H,1H3. The molecule has 1 saturated carbocycles. The fourth-order valence-corrected chi connectivity index (χ4v) is 2.76. The van der Waals surface area contributed by atoms with E-state index in [1.165, 1.54) is 12.8 Å². The third-order valence-corrected chi connectivity index (χ3v) is 4.06. The molecular formula is C17H27NO3. The number of Topliss-reactive ketones (excluding diaryl/α,β-unsaturated/α-hetero) is 1. The maximum atomic E-state index is 10.7. The third kappa shape index (κ3) is 6.38. The second kappa shape index (κ2) is 10.5. The minimum absolute atomic E-state index is 0.140. The first kappa shape index (κ1) is 17.8. The number of ketones is 1. The normalized spacial score (nSPS) is 18.7. The lowest BCUT2D eigenvalue weighted by atomic mass is 9.71. The molecular weight excluding hydrogens is 266 g/mol. The molecule has 3 N–H and O–H groups in total. The average Bonchev–Trinajstić information content (AvgIpc) is 2.56. The molecule has 1 heterocycles. The number of hydrogen-bond donors (Lipinski definition) is 3. The first-order valence-corrected chi connectivity index (χ1v) is 7.61. The van der Waals surface area contributed by atoms with Crippen molar-refractivity contribution in [3.63, 3.8) is 0 Å². The van der Waals surface area contributed by atoms with Gasteiger partial charge in [-0.15, -0.1) is 0 Å². The van der Waals surface area contributed by atoms with Gasteiger partial charge < -0.3 is 15.5 Å². The molecule has 1 aliphatic carbocycles. The van der Waals surface area contributed by atoms with Crippen molar-refractivity contribution in [1.82, 2.24) is 5.32 Å². The van der Waals surface area contributed by atoms with Crippen molar-refractivity contribution in [2.24, 2.45) is 11.8 Å². The van der Waals surface area contributed by atoms with Crippen LogP contribution in [0.3, 0.4) is 0 Å². The van der Waals surface area contributed by atoms with Gasteiger partial charge in [-0.05, 0) is 43.3 Å². The van der Waals surface area contributed by atoms with E-state index in [0.29, 0.717) is 5.78 Å². The van der Waals surface area contributed by atoms with Gasteiger partial charge in [0.05, 0.1) is 6.61 Å². The van der Waals surface area contributed by atoms with Gasteiger partial charge in [-0.3, -0.25) is 4.79 Å². The first-order valence-electron chi connectivity index (χ1n) is 7.61. The lowest BCUT2D eigenvalue weighted by Gasteiger charge is -2.35. The van der Waals surface area contributed by atoms with Crippen LogP contribution in [0.15, 0.2) is 30.3 Å². The molecule has 1 aromatic carbocycles. The predicted octanol–water partition coefficient (Wildman–Crippen LogP) is 1.75. The van der Waals surface area contributed by atoms with Crippen LogP contribution in [0.1, 0.15) is 31.2 Å². The largest absolute Gasteiger partial charge is 0.400 e. The van der Waals surface area contributed by atoms with Crippen molar-refractivity contribution in [1.29, 1.82) is 0 Å². The van der Waals surface area contributed by atoms with Crippen LogP contribution >= 0.6 is 0 Å². The van der Waals surface area contributed by atoms with E-state index in [9.17, 15) is 4.79 Å². The Hall–Kier alpha value is -1.23. The summed E-state index contributed by atoms with van der Waals surface area (Å²) < 4.78 is 0. The van der Waals surface area contributed by atoms with Gasteiger partial charge >= 0.3 is 0 Å². The van der Waals surface area contributed by atoms with Gasteiger partial charge in [0.1, 0.15) is 5.78 Å². The maximum absolute atomic E-state index is 10.7. The highest BCUT2D eigenvalue weighted by atomic mass is 16.3. The molecule has 1 aromatic rings. The van der Waals surface area contributed by atoms with E-state index in [0.717, 1.165) is 50.4 Å². The quantitative estimate of drug-likeness (QED) is 0.777. The maximum Gasteiger partial charge on any atom is 0.133 e. The van der Waals surface area contributed by atoms with Crippen molar-refractivity contribution in [3.8, 4) is 0 Å². The van der Waals surface area contributed by atoms with Crippen molar-refractivity contribution in [2.45, 2.75) is 32.3 Å². The van der Waals surface area contributed by atoms with Crippen LogP contribution in [0, 0.1) is 11.8 Å². The molecule has 0 spiro atoms. The Morgan fingerprint density at radius 2 is 1.62 bits per heavy atom. The summed E-state index contributed by atoms with van der Waals surface area (Å²) >= 11 is 0. The molecule has 0 unspecified atom stereocenters. The van der Waals surface area contributed by atoms with Crippen LogP contribution in [0.2, 0.25) is 0 Å². The Kier molecular flexibility index (Phi) is 8.90. The second-order valence-electron chi connectivity index (χ2n) is 5.44. The Morgan fingerprint density at radius 1 is 1.05 bits per heavy atom. The Bertz CT molecular complexity index is 380. The minimum atomic E-state index is 0.140. The van der Waals surface area contributed by atoms with Gasteiger partial charge in [0, 0.05) is 20.0 Å². The third-order valence-electron chi connectivity index (χ3n) is 4.06. The van der Waals surface area contributed by atoms with Crippen LogP contribution < -0.4 is 5.32 Å². The number of nitrogens with one attached hydrogen (secondary N) is 1. The molecule has 1 saturated heterocycles. The van der Waals surface area contributed by atoms with Gasteiger partial charge in [-0.2, -0.15) is 0 Å². The van der Waals surface area contributed by atoms with Gasteiger partial charge in [-0.25, -0.2) is 0 Å². The van der Waals surface area contributed by atoms with E-state index < -0.39 is 0 Å². The summed E-state index contributed by atoms with van der Waals surface area (Å²) in [5, 5.41) is 18.9. The van der Waals surface area contributed by atoms with E-state index in [4.69, 9.17) is 10.2 Å². The van der Waals surface area contributed by atoms with Gasteiger partial charge in [0.25, 0.3) is 0 Å². The zero-order chi connectivity index (χ0) is 15.5. The van der Waals surface area contributed by atoms with Crippen LogP contribution in [0.25, 0.3) is 0 Å². The minimum Gasteiger partial charge on any atom is -0.400 e. The molecule has 0 aromatic heterocycles. The number of carbonyl (C=O) groups excluding carboxylic acids is 1. The molecule has 0 amide bonds. The molecule has 4 heteroatoms. The van der Waals surface area contributed by atoms with Crippen LogP contribution in [0.5, 0.6) is 0 Å². The number of carbonyl (C=O) groups is 1. The Balaban J connectivity index is 0.000000196. The lowest BCUT2D eigenvalue weighted by Crippen LogP contribution is -2.37. The Labute approximate surface area is 127 Å². The summed E-state index contributed by atoms with van der Waals surface area (Å²) in [5.41, 5.74) is 0.965. The Morgan fingerprint density at radius 3 is 2.05 bits per heavy atom. The van der Waals surface area contributed by atoms with Gasteiger partial charge in [-0.1, -0.05) is 30.3 Å². The zero-order valence-corrected chi connectivity index (χ0v) is 12.8. The van der Waals surface area contributed by atoms with Crippen molar-refractivity contribution >= 4 is 5.78 Å². The highest BCUT2D eigenvalue weighted by molar-refractivity contribution is 5.84. The molecule has 4 nitrogen and oxygen atoms in total. The number of piperidine rings is 1. The summed E-state index contributed by atoms with van der Waals surface area (Å²) in [4.78, 5) is 10.7. The molecule has 0 radical (unpaired) electrons. The van der Waals surface area contributed by atoms with Crippen LogP contribution in [-0.4, -0.2) is 36.2 Å². The number of benzene rings is 1. The average molecular weight is 293 g/mol. The molecule has 3 rings (SSSR count). The number of aliphatic hydroxyl groups excluding tert-OH is 2. The highest BCUT2D eigenvalue weighted by Crippen LogP contribution is 2.35. The highest BCUT2D eigenvalue weighted by Gasteiger charge is 2.33. The fraction of sp³-hybridized carbons (Fsp3) is 0.588. The molecule has 0 bridgehead atoms. The topological polar surface area (TPSA) is 69.6 Å². The second-order valence-corrected chi connectivity index (χ2v) is 5.44. The van der Waals surface area contributed by atoms with E-state index in [1.807, 2.05) is 30.3 Å². The summed E-state index contributed by atoms with van der Waals surface area (Å²) in [6.45, 7) is 2.46. The molecule has 0 atom stereocenters. The SMILES string of the molecule is CO.O=C1CC(C2CCNCC2)C1.OCc1ccccc1. The van der Waals surface area contributed by atoms with E-state index in [1.54, 1.807) is 0 Å². The van der Waals surface area contributed by atoms with Gasteiger partial charge in [0.2, 0.25) is 0 Å². The van der Waals surface area contributed by atoms with Gasteiger partial charge in [0.15, 0.2) is 0 Å². The zero-order valence-electron chi connectivity index (χ0n) is 12.8. The van der Waals surface area contributed by atoms with Crippen molar-refractivity contribution in [3.05, 3.63) is 35.9 Å². The lowest BCUT2D eigenvalue weighted by molar-refractivity contribution is -0.128. The molecule has 118 valence electrons. The number of rotatable bonds is 2. The summed E-state index contributed by atoms with van der Waals surface area (Å²) in [6, 6.07) is 9.52. The van der Waals surface area contributed by atoms with Crippen molar-refractivity contribution < 1.29 is 15.0 Å². The summed E-state index contributed by atoms with van der Waals surface area (Å²) in [5.74, 6) is 2.09. The molecule has 2 aliphatic rings. The molecule has 1 aliphatic heterocycles. The number of hydrogen-bond acceptors (Lipinski definition) is 4. The van der Waals surface area contributed by atoms with E-state index in [2.05, 4.69) is 5.32 Å². The van der Waals surface area contributed by atoms with Crippen molar-refractivity contribution in [2.75, 3.05) is 20.2 Å². The van der Waals surface area contributed by atoms with E-state index >= 15 is 0 Å². The molecule has 21 heavy (non-hydrogen) atoms. The first-order chi connectivity index (χ1) is 10.3.